The molecular weight excluding hydrogens is 366 g/mol. The summed E-state index contributed by atoms with van der Waals surface area (Å²) in [5.74, 6) is 3.20. The van der Waals surface area contributed by atoms with E-state index in [9.17, 15) is 0 Å². The largest absolute Gasteiger partial charge is 0.493 e. The highest BCUT2D eigenvalue weighted by Gasteiger charge is 2.18. The van der Waals surface area contributed by atoms with Crippen LogP contribution in [0.25, 0.3) is 0 Å². The fourth-order valence-corrected chi connectivity index (χ4v) is 3.37. The summed E-state index contributed by atoms with van der Waals surface area (Å²) in [7, 11) is 3.49. The zero-order chi connectivity index (χ0) is 20.6. The molecule has 29 heavy (non-hydrogen) atoms. The van der Waals surface area contributed by atoms with Crippen molar-refractivity contribution in [1.82, 2.24) is 14.9 Å². The van der Waals surface area contributed by atoms with Gasteiger partial charge in [0.1, 0.15) is 5.82 Å². The maximum atomic E-state index is 5.91. The van der Waals surface area contributed by atoms with Crippen LogP contribution in [0.4, 0.5) is 17.5 Å². The van der Waals surface area contributed by atoms with E-state index >= 15 is 0 Å². The molecule has 1 unspecified atom stereocenters. The van der Waals surface area contributed by atoms with Crippen LogP contribution in [0, 0.1) is 5.92 Å². The zero-order valence-corrected chi connectivity index (χ0v) is 17.7. The summed E-state index contributed by atoms with van der Waals surface area (Å²) in [6.45, 7) is 7.61. The molecule has 2 N–H and O–H groups in total. The van der Waals surface area contributed by atoms with Crippen molar-refractivity contribution in [2.24, 2.45) is 5.92 Å². The van der Waals surface area contributed by atoms with E-state index in [-0.39, 0.29) is 0 Å². The lowest BCUT2D eigenvalue weighted by molar-refractivity contribution is 0.349. The van der Waals surface area contributed by atoms with Gasteiger partial charge in [-0.3, -0.25) is 0 Å². The Kier molecular flexibility index (Phi) is 7.30. The fraction of sp³-hybridized carbons (Fsp3) is 0.455. The Morgan fingerprint density at radius 1 is 1.21 bits per heavy atom. The molecule has 1 aromatic heterocycles. The minimum absolute atomic E-state index is 0.535. The van der Waals surface area contributed by atoms with Crippen LogP contribution in [0.5, 0.6) is 11.5 Å². The van der Waals surface area contributed by atoms with Gasteiger partial charge in [-0.1, -0.05) is 13.8 Å². The van der Waals surface area contributed by atoms with Crippen molar-refractivity contribution in [2.45, 2.75) is 26.7 Å². The van der Waals surface area contributed by atoms with E-state index in [1.807, 2.05) is 31.3 Å². The molecule has 1 aliphatic heterocycles. The second-order valence-corrected chi connectivity index (χ2v) is 7.05. The molecule has 1 fully saturated rings. The molecule has 7 nitrogen and oxygen atoms in total. The highest BCUT2D eigenvalue weighted by Crippen LogP contribution is 2.31. The van der Waals surface area contributed by atoms with E-state index < -0.39 is 0 Å². The number of methoxy groups -OCH3 is 1. The molecule has 7 heteroatoms. The second kappa shape index (κ2) is 10.1. The predicted octanol–water partition coefficient (Wildman–Crippen LogP) is 4.07. The number of ether oxygens (including phenoxy) is 2. The van der Waals surface area contributed by atoms with Crippen LogP contribution in [-0.4, -0.2) is 48.7 Å². The van der Waals surface area contributed by atoms with Gasteiger partial charge in [0.15, 0.2) is 11.5 Å². The van der Waals surface area contributed by atoms with Crippen LogP contribution in [0.1, 0.15) is 26.0 Å². The van der Waals surface area contributed by atoms with Crippen molar-refractivity contribution in [3.63, 3.8) is 0 Å². The number of anilines is 3. The molecule has 2 aromatic rings. The van der Waals surface area contributed by atoms with Gasteiger partial charge in [-0.2, -0.15) is 4.98 Å². The van der Waals surface area contributed by atoms with Gasteiger partial charge in [0.05, 0.1) is 13.4 Å². The van der Waals surface area contributed by atoms with E-state index in [0.717, 1.165) is 43.3 Å². The van der Waals surface area contributed by atoms with E-state index in [1.54, 1.807) is 13.4 Å². The predicted molar refractivity (Wildman–Crippen MR) is 117 cm³/mol. The van der Waals surface area contributed by atoms with Gasteiger partial charge in [-0.25, -0.2) is 4.98 Å². The Bertz CT molecular complexity index is 818. The summed E-state index contributed by atoms with van der Waals surface area (Å²) in [5.41, 5.74) is 1.81. The molecule has 0 saturated carbocycles. The van der Waals surface area contributed by atoms with Crippen molar-refractivity contribution in [1.29, 1.82) is 0 Å². The molecular formula is C22H31N5O2. The monoisotopic (exact) mass is 397 g/mol. The highest BCUT2D eigenvalue weighted by atomic mass is 16.5. The number of aromatic nitrogens is 2. The van der Waals surface area contributed by atoms with Crippen LogP contribution in [0.3, 0.4) is 0 Å². The van der Waals surface area contributed by atoms with Crippen molar-refractivity contribution in [3.05, 3.63) is 42.3 Å². The Hall–Kier alpha value is -2.80. The lowest BCUT2D eigenvalue weighted by atomic mass is 10.1. The molecule has 0 spiro atoms. The third-order valence-electron chi connectivity index (χ3n) is 5.12. The summed E-state index contributed by atoms with van der Waals surface area (Å²) in [6, 6.07) is 7.65. The lowest BCUT2D eigenvalue weighted by Gasteiger charge is -2.12. The summed E-state index contributed by atoms with van der Waals surface area (Å²) < 4.78 is 11.4. The first-order chi connectivity index (χ1) is 14.1. The number of benzene rings is 1. The minimum atomic E-state index is 0.535. The number of nitrogens with one attached hydrogen (secondary N) is 2. The number of rotatable bonds is 9. The third-order valence-corrected chi connectivity index (χ3v) is 5.12. The van der Waals surface area contributed by atoms with Gasteiger partial charge in [-0.05, 0) is 50.1 Å². The van der Waals surface area contributed by atoms with E-state index in [1.165, 1.54) is 6.42 Å². The SMILES string of the molecule is CCc1cc(NC)nc(Nc2ccc(OC)c(O/C=C/C3CCN(CC)C3)c2)n1. The molecule has 1 aromatic carbocycles. The van der Waals surface area contributed by atoms with Gasteiger partial charge in [0, 0.05) is 37.1 Å². The summed E-state index contributed by atoms with van der Waals surface area (Å²) in [4.78, 5) is 11.5. The minimum Gasteiger partial charge on any atom is -0.493 e. The molecule has 1 aliphatic rings. The third kappa shape index (κ3) is 5.60. The molecule has 0 aliphatic carbocycles. The van der Waals surface area contributed by atoms with Crippen LogP contribution in [-0.2, 0) is 6.42 Å². The number of hydrogen-bond donors (Lipinski definition) is 2. The summed E-state index contributed by atoms with van der Waals surface area (Å²) in [5, 5.41) is 6.33. The van der Waals surface area contributed by atoms with Crippen molar-refractivity contribution >= 4 is 17.5 Å². The molecule has 156 valence electrons. The molecule has 0 amide bonds. The number of likely N-dealkylation sites (tertiary alicyclic amines) is 1. The van der Waals surface area contributed by atoms with Crippen LogP contribution < -0.4 is 20.1 Å². The Morgan fingerprint density at radius 3 is 2.76 bits per heavy atom. The lowest BCUT2D eigenvalue weighted by Crippen LogP contribution is -2.19. The maximum absolute atomic E-state index is 5.91. The van der Waals surface area contributed by atoms with Crippen LogP contribution >= 0.6 is 0 Å². The van der Waals surface area contributed by atoms with E-state index in [0.29, 0.717) is 23.4 Å². The first-order valence-corrected chi connectivity index (χ1v) is 10.2. The molecule has 3 rings (SSSR count). The number of hydrogen-bond acceptors (Lipinski definition) is 7. The quantitative estimate of drug-likeness (QED) is 0.618. The van der Waals surface area contributed by atoms with Gasteiger partial charge >= 0.3 is 0 Å². The van der Waals surface area contributed by atoms with Crippen LogP contribution in [0.2, 0.25) is 0 Å². The van der Waals surface area contributed by atoms with Gasteiger partial charge in [0.2, 0.25) is 5.95 Å². The number of aryl methyl sites for hydroxylation is 1. The zero-order valence-electron chi connectivity index (χ0n) is 17.7. The van der Waals surface area contributed by atoms with Crippen LogP contribution in [0.15, 0.2) is 36.6 Å². The summed E-state index contributed by atoms with van der Waals surface area (Å²) in [6.07, 6.45) is 5.93. The van der Waals surface area contributed by atoms with Crippen molar-refractivity contribution < 1.29 is 9.47 Å². The normalized spacial score (nSPS) is 16.9. The molecule has 2 heterocycles. The van der Waals surface area contributed by atoms with E-state index in [4.69, 9.17) is 9.47 Å². The molecule has 0 bridgehead atoms. The Labute approximate surface area is 173 Å². The van der Waals surface area contributed by atoms with Gasteiger partial charge in [-0.15, -0.1) is 0 Å². The van der Waals surface area contributed by atoms with Gasteiger partial charge < -0.3 is 25.0 Å². The highest BCUT2D eigenvalue weighted by molar-refractivity contribution is 5.60. The molecule has 0 radical (unpaired) electrons. The smallest absolute Gasteiger partial charge is 0.229 e. The average Bonchev–Trinajstić information content (AvgIpc) is 3.21. The van der Waals surface area contributed by atoms with Gasteiger partial charge in [0.25, 0.3) is 0 Å². The van der Waals surface area contributed by atoms with Crippen molar-refractivity contribution in [3.8, 4) is 11.5 Å². The topological polar surface area (TPSA) is 71.5 Å². The first kappa shape index (κ1) is 20.9. The fourth-order valence-electron chi connectivity index (χ4n) is 3.37. The average molecular weight is 398 g/mol. The van der Waals surface area contributed by atoms with E-state index in [2.05, 4.69) is 45.4 Å². The molecule has 1 saturated heterocycles. The Balaban J connectivity index is 1.72. The Morgan fingerprint density at radius 2 is 2.07 bits per heavy atom. The van der Waals surface area contributed by atoms with Crippen molar-refractivity contribution in [2.75, 3.05) is 44.4 Å². The first-order valence-electron chi connectivity index (χ1n) is 10.2. The standard InChI is InChI=1S/C22H31N5O2/c1-5-17-14-21(23-3)26-22(24-17)25-18-7-8-19(28-4)20(13-18)29-12-10-16-9-11-27(6-2)15-16/h7-8,10,12-14,16H,5-6,9,11,15H2,1-4H3,(H2,23,24,25,26)/b12-10+. The summed E-state index contributed by atoms with van der Waals surface area (Å²) >= 11 is 0. The maximum Gasteiger partial charge on any atom is 0.229 e. The second-order valence-electron chi connectivity index (χ2n) is 7.05. The number of nitrogens with zero attached hydrogens (tertiary/aromatic N) is 3. The molecule has 1 atom stereocenters.